The second-order valence-corrected chi connectivity index (χ2v) is 7.82. The molecule has 0 bridgehead atoms. The van der Waals surface area contributed by atoms with Crippen molar-refractivity contribution in [3.05, 3.63) is 70.2 Å². The Morgan fingerprint density at radius 2 is 1.59 bits per heavy atom. The minimum Gasteiger partial charge on any atom is -0.462 e. The van der Waals surface area contributed by atoms with Gasteiger partial charge in [-0.2, -0.15) is 0 Å². The zero-order valence-electron chi connectivity index (χ0n) is 17.4. The van der Waals surface area contributed by atoms with Crippen LogP contribution in [-0.2, 0) is 4.74 Å². The van der Waals surface area contributed by atoms with Crippen molar-refractivity contribution in [2.45, 2.75) is 37.6 Å². The first-order valence-electron chi connectivity index (χ1n) is 9.96. The molecule has 174 valence electrons. The first-order chi connectivity index (χ1) is 15.3. The molecule has 1 aliphatic rings. The van der Waals surface area contributed by atoms with Gasteiger partial charge in [-0.1, -0.05) is 34.1 Å². The molecule has 1 fully saturated rings. The van der Waals surface area contributed by atoms with Gasteiger partial charge >= 0.3 is 0 Å². The van der Waals surface area contributed by atoms with Gasteiger partial charge in [-0.3, -0.25) is 4.79 Å². The van der Waals surface area contributed by atoms with Crippen LogP contribution in [0.3, 0.4) is 0 Å². The molecule has 5 atom stereocenters. The number of carbonyl (C=O) groups excluding carboxylic acids is 1. The average molecular weight is 511 g/mol. The van der Waals surface area contributed by atoms with Crippen LogP contribution in [-0.4, -0.2) is 75.2 Å². The molecule has 0 aromatic heterocycles. The van der Waals surface area contributed by atoms with Crippen molar-refractivity contribution in [2.75, 3.05) is 13.2 Å². The number of aliphatic hydroxyl groups is 5. The van der Waals surface area contributed by atoms with E-state index in [4.69, 9.17) is 14.6 Å². The Morgan fingerprint density at radius 1 is 1.00 bits per heavy atom. The molecule has 1 aliphatic heterocycles. The predicted octanol–water partition coefficient (Wildman–Crippen LogP) is 1.52. The lowest BCUT2D eigenvalue weighted by Gasteiger charge is -2.39. The van der Waals surface area contributed by atoms with Crippen LogP contribution in [0, 0.1) is 0 Å². The fraction of sp³-hybridized carbons (Fsp3) is 0.348. The molecule has 0 radical (unpaired) electrons. The number of ether oxygens (including phenoxy) is 2. The summed E-state index contributed by atoms with van der Waals surface area (Å²) in [5.41, 5.74) is 1.34. The maximum atomic E-state index is 12.2. The van der Waals surface area contributed by atoms with E-state index in [1.165, 1.54) is 6.08 Å². The van der Waals surface area contributed by atoms with E-state index in [0.717, 1.165) is 10.0 Å². The van der Waals surface area contributed by atoms with E-state index < -0.39 is 37.3 Å². The molecule has 0 unspecified atom stereocenters. The van der Waals surface area contributed by atoms with E-state index >= 15 is 0 Å². The van der Waals surface area contributed by atoms with Crippen molar-refractivity contribution < 1.29 is 39.8 Å². The molecule has 3 rings (SSSR count). The molecule has 1 saturated heterocycles. The molecule has 0 amide bonds. The predicted molar refractivity (Wildman–Crippen MR) is 121 cm³/mol. The fourth-order valence-electron chi connectivity index (χ4n) is 2.84. The number of hydrogen-bond acceptors (Lipinski definition) is 8. The van der Waals surface area contributed by atoms with Gasteiger partial charge in [0, 0.05) is 16.6 Å². The number of benzene rings is 2. The lowest BCUT2D eigenvalue weighted by molar-refractivity contribution is -0.277. The van der Waals surface area contributed by atoms with Crippen molar-refractivity contribution in [2.24, 2.45) is 0 Å². The SMILES string of the molecule is CCO.O=C(/C=C/c1ccc(O[C@@H]2O[C@H](CO)[C@@H](O)[C@@H](O)[C@H]2O)cc1)c1ccc(Br)cc1. The molecule has 0 aliphatic carbocycles. The summed E-state index contributed by atoms with van der Waals surface area (Å²) in [6.07, 6.45) is -3.56. The van der Waals surface area contributed by atoms with Crippen LogP contribution in [0.4, 0.5) is 0 Å². The smallest absolute Gasteiger partial charge is 0.229 e. The molecule has 2 aromatic rings. The first kappa shape index (κ1) is 26.1. The maximum Gasteiger partial charge on any atom is 0.229 e. The number of rotatable bonds is 6. The topological polar surface area (TPSA) is 137 Å². The molecular weight excluding hydrogens is 484 g/mol. The summed E-state index contributed by atoms with van der Waals surface area (Å²) in [4.78, 5) is 12.2. The zero-order valence-corrected chi connectivity index (χ0v) is 19.0. The zero-order chi connectivity index (χ0) is 23.7. The Kier molecular flexibility index (Phi) is 10.5. The first-order valence-corrected chi connectivity index (χ1v) is 10.8. The van der Waals surface area contributed by atoms with Crippen LogP contribution in [0.1, 0.15) is 22.8 Å². The molecule has 5 N–H and O–H groups in total. The Morgan fingerprint density at radius 3 is 2.16 bits per heavy atom. The monoisotopic (exact) mass is 510 g/mol. The van der Waals surface area contributed by atoms with Gasteiger partial charge in [-0.25, -0.2) is 0 Å². The lowest BCUT2D eigenvalue weighted by Crippen LogP contribution is -2.60. The highest BCUT2D eigenvalue weighted by Gasteiger charge is 2.44. The number of hydrogen-bond donors (Lipinski definition) is 5. The third-order valence-corrected chi connectivity index (χ3v) is 5.07. The second kappa shape index (κ2) is 12.8. The highest BCUT2D eigenvalue weighted by molar-refractivity contribution is 9.10. The van der Waals surface area contributed by atoms with E-state index in [1.807, 2.05) is 0 Å². The second-order valence-electron chi connectivity index (χ2n) is 6.90. The molecule has 2 aromatic carbocycles. The normalized spacial score (nSPS) is 25.2. The van der Waals surface area contributed by atoms with Crippen LogP contribution in [0.2, 0.25) is 0 Å². The largest absolute Gasteiger partial charge is 0.462 e. The molecule has 0 saturated carbocycles. The molecular formula is C23H27BrO8. The Labute approximate surface area is 194 Å². The van der Waals surface area contributed by atoms with E-state index in [-0.39, 0.29) is 12.4 Å². The summed E-state index contributed by atoms with van der Waals surface area (Å²) in [5.74, 6) is 0.227. The molecule has 8 nitrogen and oxygen atoms in total. The highest BCUT2D eigenvalue weighted by atomic mass is 79.9. The van der Waals surface area contributed by atoms with E-state index in [1.54, 1.807) is 61.5 Å². The summed E-state index contributed by atoms with van der Waals surface area (Å²) in [7, 11) is 0. The Bertz CT molecular complexity index is 867. The summed E-state index contributed by atoms with van der Waals surface area (Å²) in [6.45, 7) is 1.40. The third kappa shape index (κ3) is 7.21. The van der Waals surface area contributed by atoms with E-state index in [9.17, 15) is 25.2 Å². The molecule has 1 heterocycles. The summed E-state index contributed by atoms with van der Waals surface area (Å²) in [5, 5.41) is 46.4. The Hall–Kier alpha value is -2.11. The van der Waals surface area contributed by atoms with Gasteiger partial charge in [-0.15, -0.1) is 0 Å². The van der Waals surface area contributed by atoms with Crippen molar-refractivity contribution in [3.63, 3.8) is 0 Å². The minimum absolute atomic E-state index is 0.126. The summed E-state index contributed by atoms with van der Waals surface area (Å²) < 4.78 is 11.7. The number of ketones is 1. The van der Waals surface area contributed by atoms with Crippen LogP contribution in [0.25, 0.3) is 6.08 Å². The van der Waals surface area contributed by atoms with Crippen molar-refractivity contribution in [3.8, 4) is 5.75 Å². The third-order valence-electron chi connectivity index (χ3n) is 4.54. The van der Waals surface area contributed by atoms with Crippen LogP contribution in [0.15, 0.2) is 59.1 Å². The lowest BCUT2D eigenvalue weighted by atomic mass is 9.99. The average Bonchev–Trinajstić information content (AvgIpc) is 2.79. The van der Waals surface area contributed by atoms with Gasteiger partial charge in [0.25, 0.3) is 0 Å². The fourth-order valence-corrected chi connectivity index (χ4v) is 3.10. The number of allylic oxidation sites excluding steroid dienone is 1. The van der Waals surface area contributed by atoms with Crippen molar-refractivity contribution in [1.82, 2.24) is 0 Å². The van der Waals surface area contributed by atoms with Crippen LogP contribution < -0.4 is 4.74 Å². The van der Waals surface area contributed by atoms with Gasteiger partial charge in [0.2, 0.25) is 6.29 Å². The number of halogens is 1. The van der Waals surface area contributed by atoms with Crippen LogP contribution in [0.5, 0.6) is 5.75 Å². The van der Waals surface area contributed by atoms with E-state index in [0.29, 0.717) is 11.3 Å². The maximum absolute atomic E-state index is 12.2. The van der Waals surface area contributed by atoms with Gasteiger partial charge in [-0.05, 0) is 55.0 Å². The number of aliphatic hydroxyl groups excluding tert-OH is 5. The van der Waals surface area contributed by atoms with Crippen LogP contribution >= 0.6 is 15.9 Å². The summed E-state index contributed by atoms with van der Waals surface area (Å²) >= 11 is 3.33. The van der Waals surface area contributed by atoms with Gasteiger partial charge in [0.1, 0.15) is 30.2 Å². The van der Waals surface area contributed by atoms with Gasteiger partial charge in [0.05, 0.1) is 6.61 Å². The number of carbonyl (C=O) groups is 1. The minimum atomic E-state index is -1.50. The molecule has 9 heteroatoms. The van der Waals surface area contributed by atoms with E-state index in [2.05, 4.69) is 15.9 Å². The molecule has 0 spiro atoms. The molecule has 32 heavy (non-hydrogen) atoms. The highest BCUT2D eigenvalue weighted by Crippen LogP contribution is 2.24. The van der Waals surface area contributed by atoms with Gasteiger partial charge in [0.15, 0.2) is 5.78 Å². The Balaban J connectivity index is 0.00000114. The summed E-state index contributed by atoms with van der Waals surface area (Å²) in [6, 6.07) is 13.7. The quantitative estimate of drug-likeness (QED) is 0.291. The van der Waals surface area contributed by atoms with Crippen molar-refractivity contribution in [1.29, 1.82) is 0 Å². The van der Waals surface area contributed by atoms with Crippen molar-refractivity contribution >= 4 is 27.8 Å². The standard InChI is InChI=1S/C21H21BrO7.C2H6O/c22-14-6-4-13(5-7-14)16(24)10-3-12-1-8-15(9-2-12)28-21-20(27)19(26)18(25)17(11-23)29-21;1-2-3/h1-10,17-21,23,25-27H,11H2;3H,2H2,1H3/b10-3+;/t17-,18-,19-,20-,21-;/m1./s1. The van der Waals surface area contributed by atoms with Gasteiger partial charge < -0.3 is 35.0 Å².